The fourth-order valence-corrected chi connectivity index (χ4v) is 11.8. The third-order valence-corrected chi connectivity index (χ3v) is 14.6. The zero-order valence-corrected chi connectivity index (χ0v) is 37.0. The first-order valence-corrected chi connectivity index (χ1v) is 21.2. The van der Waals surface area contributed by atoms with E-state index in [9.17, 15) is 9.59 Å². The molecule has 6 aromatic carbocycles. The normalized spacial score (nSPS) is 12.5. The van der Waals surface area contributed by atoms with Gasteiger partial charge in [-0.3, -0.25) is 9.59 Å². The van der Waals surface area contributed by atoms with Gasteiger partial charge in [-0.05, 0) is 70.6 Å². The van der Waals surface area contributed by atoms with Crippen LogP contribution in [0.3, 0.4) is 0 Å². The van der Waals surface area contributed by atoms with Gasteiger partial charge in [-0.15, -0.1) is 0 Å². The van der Waals surface area contributed by atoms with Gasteiger partial charge in [-0.1, -0.05) is 199 Å². The Morgan fingerprint density at radius 1 is 0.411 bits per heavy atom. The molecule has 0 aliphatic rings. The molecule has 0 heterocycles. The van der Waals surface area contributed by atoms with Crippen molar-refractivity contribution in [1.29, 1.82) is 0 Å². The Labute approximate surface area is 355 Å². The van der Waals surface area contributed by atoms with Gasteiger partial charge in [0.2, 0.25) is 0 Å². The van der Waals surface area contributed by atoms with Crippen LogP contribution in [0.5, 0.6) is 0 Å². The number of halogens is 1. The summed E-state index contributed by atoms with van der Waals surface area (Å²) in [6, 6.07) is 56.9. The van der Waals surface area contributed by atoms with Gasteiger partial charge in [0, 0.05) is 11.1 Å². The van der Waals surface area contributed by atoms with E-state index in [1.54, 1.807) is 0 Å². The Bertz CT molecular complexity index is 1920. The van der Waals surface area contributed by atoms with E-state index in [4.69, 9.17) is 0 Å². The molecule has 4 nitrogen and oxygen atoms in total. The molecule has 0 radical (unpaired) electrons. The Morgan fingerprint density at radius 3 is 0.893 bits per heavy atom. The van der Waals surface area contributed by atoms with Crippen LogP contribution < -0.4 is 54.9 Å². The van der Waals surface area contributed by atoms with Crippen LogP contribution in [0.15, 0.2) is 170 Å². The van der Waals surface area contributed by atoms with Crippen molar-refractivity contribution >= 4 is 59.5 Å². The summed E-state index contributed by atoms with van der Waals surface area (Å²) in [6.45, 7) is 12.8. The Hall–Kier alpha value is -3.97. The predicted octanol–water partition coefficient (Wildman–Crippen LogP) is 5.19. The SMILES string of the molecule is CC(C)(C)C(NC(=O)c1ccccc1P(c1ccccc1)c1ccccc1)C(NC(=O)c1ccccc1P(c1ccccc1)c1ccccc1)C(C)(C)C.[Cl-].[Ru+2]. The van der Waals surface area contributed by atoms with Gasteiger partial charge < -0.3 is 23.0 Å². The average Bonchev–Trinajstić information content (AvgIpc) is 3.17. The molecule has 8 heteroatoms. The quantitative estimate of drug-likeness (QED) is 0.139. The molecule has 0 saturated heterocycles. The predicted molar refractivity (Wildman–Crippen MR) is 232 cm³/mol. The molecule has 0 spiro atoms. The number of nitrogens with one attached hydrogen (secondary N) is 2. The van der Waals surface area contributed by atoms with E-state index in [1.807, 2.05) is 60.7 Å². The molecule has 0 saturated carbocycles. The third kappa shape index (κ3) is 10.7. The number of carbonyl (C=O) groups is 2. The zero-order valence-electron chi connectivity index (χ0n) is 32.8. The van der Waals surface area contributed by atoms with Crippen LogP contribution in [0.2, 0.25) is 0 Å². The fourth-order valence-electron chi connectivity index (χ4n) is 6.92. The molecule has 2 amide bonds. The molecular weight excluding hydrogens is 835 g/mol. The van der Waals surface area contributed by atoms with Crippen molar-refractivity contribution in [1.82, 2.24) is 10.6 Å². The minimum absolute atomic E-state index is 0. The largest absolute Gasteiger partial charge is 2.00 e. The number of amides is 2. The number of carbonyl (C=O) groups excluding carboxylic acids is 2. The van der Waals surface area contributed by atoms with Crippen molar-refractivity contribution in [2.45, 2.75) is 53.6 Å². The summed E-state index contributed by atoms with van der Waals surface area (Å²) in [7, 11) is -2.02. The van der Waals surface area contributed by atoms with Crippen LogP contribution in [0.25, 0.3) is 0 Å². The van der Waals surface area contributed by atoms with Crippen molar-refractivity contribution < 1.29 is 41.5 Å². The van der Waals surface area contributed by atoms with Crippen molar-refractivity contribution in [3.63, 3.8) is 0 Å². The van der Waals surface area contributed by atoms with E-state index in [-0.39, 0.29) is 43.7 Å². The molecule has 2 N–H and O–H groups in total. The first kappa shape index (κ1) is 44.7. The first-order valence-electron chi connectivity index (χ1n) is 18.5. The van der Waals surface area contributed by atoms with Gasteiger partial charge in [0.15, 0.2) is 0 Å². The molecule has 2 atom stereocenters. The van der Waals surface area contributed by atoms with E-state index < -0.39 is 38.8 Å². The maximum Gasteiger partial charge on any atom is 2.00 e. The van der Waals surface area contributed by atoms with Gasteiger partial charge in [0.1, 0.15) is 0 Å². The second-order valence-corrected chi connectivity index (χ2v) is 20.1. The molecule has 0 aromatic heterocycles. The van der Waals surface area contributed by atoms with E-state index >= 15 is 0 Å². The molecule has 2 unspecified atom stereocenters. The van der Waals surface area contributed by atoms with Gasteiger partial charge in [0.05, 0.1) is 12.1 Å². The molecule has 288 valence electrons. The number of benzene rings is 6. The summed E-state index contributed by atoms with van der Waals surface area (Å²) in [6.07, 6.45) is 0. The summed E-state index contributed by atoms with van der Waals surface area (Å²) >= 11 is 0. The van der Waals surface area contributed by atoms with E-state index in [0.29, 0.717) is 11.1 Å². The second-order valence-electron chi connectivity index (χ2n) is 15.7. The Balaban J connectivity index is 0.00000348. The fraction of sp³-hybridized carbons (Fsp3) is 0.208. The Morgan fingerprint density at radius 2 is 0.643 bits per heavy atom. The van der Waals surface area contributed by atoms with Gasteiger partial charge >= 0.3 is 19.5 Å². The number of hydrogen-bond acceptors (Lipinski definition) is 2. The maximum atomic E-state index is 14.7. The Kier molecular flexibility index (Phi) is 15.9. The van der Waals surface area contributed by atoms with Crippen LogP contribution in [0, 0.1) is 10.8 Å². The van der Waals surface area contributed by atoms with Crippen LogP contribution in [0.1, 0.15) is 62.3 Å². The van der Waals surface area contributed by atoms with Crippen LogP contribution in [0.4, 0.5) is 0 Å². The third-order valence-electron chi connectivity index (χ3n) is 9.61. The maximum absolute atomic E-state index is 14.7. The molecule has 0 fully saturated rings. The molecule has 0 aliphatic heterocycles. The smallest absolute Gasteiger partial charge is 1.00 e. The molecule has 0 aliphatic carbocycles. The summed E-state index contributed by atoms with van der Waals surface area (Å²) in [5, 5.41) is 13.7. The average molecular weight is 885 g/mol. The van der Waals surface area contributed by atoms with Gasteiger partial charge in [0.25, 0.3) is 11.8 Å². The molecule has 6 aromatic rings. The van der Waals surface area contributed by atoms with Crippen molar-refractivity contribution in [3.05, 3.63) is 181 Å². The second kappa shape index (κ2) is 19.9. The molecule has 0 bridgehead atoms. The number of hydrogen-bond donors (Lipinski definition) is 2. The summed E-state index contributed by atoms with van der Waals surface area (Å²) < 4.78 is 0. The van der Waals surface area contributed by atoms with Crippen LogP contribution in [-0.2, 0) is 19.5 Å². The first-order chi connectivity index (χ1) is 25.9. The standard InChI is InChI=1S/C48H50N2O2P2.ClH.Ru/c1-47(2,3)43(49-45(51)39-31-19-21-33-41(39)53(35-23-11-7-12-24-35)36-25-13-8-14-26-36)44(48(4,5)6)50-46(52)40-32-20-22-34-42(40)54(37-27-15-9-16-28-37)38-29-17-10-18-30-38;;/h7-34,43-44H,1-6H3,(H,49,51)(H,50,52);1H;/q;;+2/p-1. The zero-order chi connectivity index (χ0) is 38.3. The summed E-state index contributed by atoms with van der Waals surface area (Å²) in [5.74, 6) is -0.295. The molecule has 6 rings (SSSR count). The van der Waals surface area contributed by atoms with E-state index in [0.717, 1.165) is 10.6 Å². The van der Waals surface area contributed by atoms with Gasteiger partial charge in [-0.25, -0.2) is 0 Å². The minimum atomic E-state index is -1.01. The van der Waals surface area contributed by atoms with Gasteiger partial charge in [-0.2, -0.15) is 0 Å². The monoisotopic (exact) mass is 885 g/mol. The van der Waals surface area contributed by atoms with Crippen LogP contribution >= 0.6 is 15.8 Å². The minimum Gasteiger partial charge on any atom is -1.00 e. The van der Waals surface area contributed by atoms with Crippen molar-refractivity contribution in [2.24, 2.45) is 10.8 Å². The summed E-state index contributed by atoms with van der Waals surface area (Å²) in [4.78, 5) is 29.4. The molecular formula is C48H50ClN2O2P2Ru+. The number of rotatable bonds is 11. The summed E-state index contributed by atoms with van der Waals surface area (Å²) in [5.41, 5.74) is 0.483. The van der Waals surface area contributed by atoms with Crippen LogP contribution in [-0.4, -0.2) is 23.9 Å². The van der Waals surface area contributed by atoms with Crippen molar-refractivity contribution in [2.75, 3.05) is 0 Å². The van der Waals surface area contributed by atoms with Crippen molar-refractivity contribution in [3.8, 4) is 0 Å². The molecule has 56 heavy (non-hydrogen) atoms. The topological polar surface area (TPSA) is 58.2 Å². The van der Waals surface area contributed by atoms with E-state index in [2.05, 4.69) is 161 Å². The van der Waals surface area contributed by atoms with E-state index in [1.165, 1.54) is 21.2 Å².